The molecule has 1 fully saturated rings. The van der Waals surface area contributed by atoms with E-state index in [1.54, 1.807) is 20.8 Å². The molecule has 0 radical (unpaired) electrons. The van der Waals surface area contributed by atoms with E-state index in [0.29, 0.717) is 0 Å². The number of hydrogen-bond donors (Lipinski definition) is 1. The number of halogens is 2. The molecule has 0 spiro atoms. The molecular formula is C20H23F2N3O5. The Hall–Kier alpha value is -3.17. The zero-order chi connectivity index (χ0) is 22.1. The molecule has 1 aromatic carbocycles. The maximum atomic E-state index is 14.6. The number of cyclic esters (lactones) is 1. The standard InChI is InChI=1S/C20H23F2N3O5/c1-20(2,3)30-18(27)23-10-14-11-25(19(28)29-14)12-8-15(21)17(16(22)9-12)24-6-4-13(26)5-7-24/h4,6,8-9,14H,5,7,10-11H2,1-3H3,(H,23,27). The van der Waals surface area contributed by atoms with Crippen molar-refractivity contribution in [2.75, 3.05) is 29.4 Å². The van der Waals surface area contributed by atoms with Crippen molar-refractivity contribution in [3.05, 3.63) is 36.0 Å². The van der Waals surface area contributed by atoms with E-state index >= 15 is 0 Å². The average Bonchev–Trinajstić information content (AvgIpc) is 3.00. The molecule has 0 bridgehead atoms. The van der Waals surface area contributed by atoms with Crippen molar-refractivity contribution < 1.29 is 32.6 Å². The fourth-order valence-corrected chi connectivity index (χ4v) is 3.08. The number of nitrogens with zero attached hydrogens (tertiary/aromatic N) is 2. The third-order valence-electron chi connectivity index (χ3n) is 4.39. The smallest absolute Gasteiger partial charge is 0.414 e. The maximum Gasteiger partial charge on any atom is 0.414 e. The van der Waals surface area contributed by atoms with Crippen LogP contribution in [-0.2, 0) is 14.3 Å². The molecular weight excluding hydrogens is 400 g/mol. The van der Waals surface area contributed by atoms with E-state index in [4.69, 9.17) is 9.47 Å². The number of carbonyl (C=O) groups excluding carboxylic acids is 3. The number of carbonyl (C=O) groups is 3. The van der Waals surface area contributed by atoms with Crippen molar-refractivity contribution in [2.45, 2.75) is 38.9 Å². The van der Waals surface area contributed by atoms with Gasteiger partial charge in [0, 0.05) is 31.3 Å². The van der Waals surface area contributed by atoms with Crippen LogP contribution in [0.2, 0.25) is 0 Å². The molecule has 1 atom stereocenters. The predicted octanol–water partition coefficient (Wildman–Crippen LogP) is 3.11. The van der Waals surface area contributed by atoms with E-state index < -0.39 is 35.5 Å². The van der Waals surface area contributed by atoms with E-state index in [0.717, 1.165) is 17.0 Å². The fraction of sp³-hybridized carbons (Fsp3) is 0.450. The zero-order valence-electron chi connectivity index (χ0n) is 16.9. The number of benzene rings is 1. The van der Waals surface area contributed by atoms with Crippen LogP contribution in [0.1, 0.15) is 27.2 Å². The lowest BCUT2D eigenvalue weighted by Gasteiger charge is -2.25. The second kappa shape index (κ2) is 8.29. The number of nitrogens with one attached hydrogen (secondary N) is 1. The second-order valence-corrected chi connectivity index (χ2v) is 7.98. The molecule has 162 valence electrons. The van der Waals surface area contributed by atoms with E-state index in [9.17, 15) is 23.2 Å². The van der Waals surface area contributed by atoms with Crippen LogP contribution in [0.15, 0.2) is 24.4 Å². The van der Waals surface area contributed by atoms with Gasteiger partial charge in [-0.2, -0.15) is 0 Å². The third kappa shape index (κ3) is 5.05. The first-order valence-corrected chi connectivity index (χ1v) is 9.45. The van der Waals surface area contributed by atoms with Crippen molar-refractivity contribution >= 4 is 29.3 Å². The molecule has 0 saturated carbocycles. The van der Waals surface area contributed by atoms with Gasteiger partial charge in [-0.05, 0) is 26.8 Å². The molecule has 10 heteroatoms. The highest BCUT2D eigenvalue weighted by Gasteiger charge is 2.34. The minimum atomic E-state index is -0.868. The predicted molar refractivity (Wildman–Crippen MR) is 104 cm³/mol. The summed E-state index contributed by atoms with van der Waals surface area (Å²) in [6.07, 6.45) is 0.604. The Morgan fingerprint density at radius 3 is 2.50 bits per heavy atom. The van der Waals surface area contributed by atoms with Gasteiger partial charge in [0.25, 0.3) is 0 Å². The van der Waals surface area contributed by atoms with Gasteiger partial charge in [0.2, 0.25) is 0 Å². The fourth-order valence-electron chi connectivity index (χ4n) is 3.08. The molecule has 1 unspecified atom stereocenters. The number of hydrogen-bond acceptors (Lipinski definition) is 6. The first-order valence-electron chi connectivity index (χ1n) is 9.45. The molecule has 1 aromatic rings. The Labute approximate surface area is 172 Å². The van der Waals surface area contributed by atoms with E-state index in [1.807, 2.05) is 0 Å². The molecule has 0 aromatic heterocycles. The van der Waals surface area contributed by atoms with Gasteiger partial charge in [0.15, 0.2) is 17.4 Å². The van der Waals surface area contributed by atoms with Gasteiger partial charge in [-0.3, -0.25) is 9.69 Å². The summed E-state index contributed by atoms with van der Waals surface area (Å²) in [5.74, 6) is -1.85. The van der Waals surface area contributed by atoms with Crippen LogP contribution in [0.4, 0.5) is 29.7 Å². The molecule has 2 aliphatic rings. The average molecular weight is 423 g/mol. The van der Waals surface area contributed by atoms with Gasteiger partial charge in [-0.1, -0.05) is 0 Å². The summed E-state index contributed by atoms with van der Waals surface area (Å²) in [7, 11) is 0. The van der Waals surface area contributed by atoms with Crippen molar-refractivity contribution in [1.29, 1.82) is 0 Å². The van der Waals surface area contributed by atoms with Crippen LogP contribution in [0.25, 0.3) is 0 Å². The van der Waals surface area contributed by atoms with E-state index in [1.165, 1.54) is 17.2 Å². The summed E-state index contributed by atoms with van der Waals surface area (Å²) in [4.78, 5) is 37.6. The Bertz CT molecular complexity index is 874. The summed E-state index contributed by atoms with van der Waals surface area (Å²) < 4.78 is 39.5. The van der Waals surface area contributed by atoms with Gasteiger partial charge >= 0.3 is 12.2 Å². The molecule has 2 amide bonds. The highest BCUT2D eigenvalue weighted by atomic mass is 19.1. The van der Waals surface area contributed by atoms with Crippen molar-refractivity contribution in [2.24, 2.45) is 0 Å². The molecule has 2 aliphatic heterocycles. The second-order valence-electron chi connectivity index (χ2n) is 7.98. The maximum absolute atomic E-state index is 14.6. The number of allylic oxidation sites excluding steroid dienone is 1. The molecule has 30 heavy (non-hydrogen) atoms. The number of anilines is 2. The number of ether oxygens (including phenoxy) is 2. The summed E-state index contributed by atoms with van der Waals surface area (Å²) >= 11 is 0. The molecule has 2 heterocycles. The van der Waals surface area contributed by atoms with Crippen molar-refractivity contribution in [3.8, 4) is 0 Å². The third-order valence-corrected chi connectivity index (χ3v) is 4.39. The van der Waals surface area contributed by atoms with Gasteiger partial charge in [-0.15, -0.1) is 0 Å². The van der Waals surface area contributed by atoms with Crippen LogP contribution >= 0.6 is 0 Å². The normalized spacial score (nSPS) is 19.2. The van der Waals surface area contributed by atoms with Gasteiger partial charge in [0.05, 0.1) is 18.8 Å². The molecule has 1 N–H and O–H groups in total. The van der Waals surface area contributed by atoms with Gasteiger partial charge in [-0.25, -0.2) is 18.4 Å². The zero-order valence-corrected chi connectivity index (χ0v) is 16.9. The van der Waals surface area contributed by atoms with Crippen LogP contribution in [-0.4, -0.2) is 49.3 Å². The summed E-state index contributed by atoms with van der Waals surface area (Å²) in [5, 5.41) is 2.50. The van der Waals surface area contributed by atoms with Crippen LogP contribution < -0.4 is 15.1 Å². The Balaban J connectivity index is 1.67. The lowest BCUT2D eigenvalue weighted by atomic mass is 10.1. The van der Waals surface area contributed by atoms with Crippen LogP contribution in [0.5, 0.6) is 0 Å². The number of alkyl carbamates (subject to hydrolysis) is 1. The Morgan fingerprint density at radius 2 is 1.93 bits per heavy atom. The van der Waals surface area contributed by atoms with E-state index in [2.05, 4.69) is 5.32 Å². The monoisotopic (exact) mass is 423 g/mol. The van der Waals surface area contributed by atoms with Crippen molar-refractivity contribution in [3.63, 3.8) is 0 Å². The van der Waals surface area contributed by atoms with Crippen molar-refractivity contribution in [1.82, 2.24) is 5.32 Å². The first kappa shape index (κ1) is 21.5. The largest absolute Gasteiger partial charge is 0.444 e. The lowest BCUT2D eigenvalue weighted by Crippen LogP contribution is -2.38. The number of rotatable bonds is 4. The SMILES string of the molecule is CC(C)(C)OC(=O)NCC1CN(c2cc(F)c(N3C=CC(=O)CC3)c(F)c2)C(=O)O1. The molecule has 1 saturated heterocycles. The highest BCUT2D eigenvalue weighted by molar-refractivity contribution is 5.92. The number of ketones is 1. The van der Waals surface area contributed by atoms with Gasteiger partial charge < -0.3 is 19.7 Å². The first-order chi connectivity index (χ1) is 14.0. The minimum Gasteiger partial charge on any atom is -0.444 e. The number of amides is 2. The Morgan fingerprint density at radius 1 is 1.27 bits per heavy atom. The van der Waals surface area contributed by atoms with Crippen LogP contribution in [0, 0.1) is 11.6 Å². The molecule has 0 aliphatic carbocycles. The quantitative estimate of drug-likeness (QED) is 0.801. The molecule has 8 nitrogen and oxygen atoms in total. The highest BCUT2D eigenvalue weighted by Crippen LogP contribution is 2.32. The lowest BCUT2D eigenvalue weighted by molar-refractivity contribution is -0.114. The molecule has 3 rings (SSSR count). The topological polar surface area (TPSA) is 88.2 Å². The van der Waals surface area contributed by atoms with Gasteiger partial charge in [0.1, 0.15) is 17.4 Å². The van der Waals surface area contributed by atoms with Crippen LogP contribution in [0.3, 0.4) is 0 Å². The Kier molecular flexibility index (Phi) is 5.95. The summed E-state index contributed by atoms with van der Waals surface area (Å²) in [5.41, 5.74) is -0.968. The summed E-state index contributed by atoms with van der Waals surface area (Å²) in [6, 6.07) is 2.07. The summed E-state index contributed by atoms with van der Waals surface area (Å²) in [6.45, 7) is 5.31. The van der Waals surface area contributed by atoms with E-state index in [-0.39, 0.29) is 43.2 Å². The minimum absolute atomic E-state index is 0.00409.